The molecule has 0 heterocycles. The van der Waals surface area contributed by atoms with E-state index in [-0.39, 0.29) is 0 Å². The third-order valence-corrected chi connectivity index (χ3v) is 3.37. The van der Waals surface area contributed by atoms with Crippen molar-refractivity contribution in [3.63, 3.8) is 0 Å². The summed E-state index contributed by atoms with van der Waals surface area (Å²) in [6.07, 6.45) is 0. The minimum absolute atomic E-state index is 0.690. The van der Waals surface area contributed by atoms with Crippen LogP contribution in [0.1, 0.15) is 41.5 Å². The van der Waals surface area contributed by atoms with Crippen LogP contribution in [0.3, 0.4) is 0 Å². The van der Waals surface area contributed by atoms with Gasteiger partial charge in [-0.05, 0) is 42.1 Å². The zero-order valence-electron chi connectivity index (χ0n) is 8.68. The Kier molecular flexibility index (Phi) is 5.29. The first-order valence-corrected chi connectivity index (χ1v) is 5.52. The highest BCUT2D eigenvalue weighted by molar-refractivity contribution is 7.36. The van der Waals surface area contributed by atoms with Crippen LogP contribution >= 0.6 is 8.73 Å². The second-order valence-electron chi connectivity index (χ2n) is 3.88. The molecule has 0 bridgehead atoms. The van der Waals surface area contributed by atoms with Gasteiger partial charge in [0, 0.05) is 12.1 Å². The van der Waals surface area contributed by atoms with Crippen LogP contribution in [0, 0.1) is 0 Å². The quantitative estimate of drug-likeness (QED) is 0.593. The molecular formula is C9H22NP. The van der Waals surface area contributed by atoms with Gasteiger partial charge < -0.3 is 0 Å². The fourth-order valence-electron chi connectivity index (χ4n) is 1.19. The molecule has 0 rings (SSSR count). The molecule has 0 saturated heterocycles. The Bertz CT molecular complexity index is 91.7. The van der Waals surface area contributed by atoms with Crippen molar-refractivity contribution >= 4 is 8.73 Å². The van der Waals surface area contributed by atoms with Crippen LogP contribution in [-0.2, 0) is 0 Å². The molecule has 0 aromatic rings. The van der Waals surface area contributed by atoms with E-state index in [1.807, 2.05) is 0 Å². The van der Waals surface area contributed by atoms with Crippen molar-refractivity contribution in [2.75, 3.05) is 0 Å². The summed E-state index contributed by atoms with van der Waals surface area (Å²) < 4.78 is 2.56. The first kappa shape index (κ1) is 11.4. The van der Waals surface area contributed by atoms with Crippen molar-refractivity contribution in [3.8, 4) is 0 Å². The molecule has 0 N–H and O–H groups in total. The Balaban J connectivity index is 3.90. The summed E-state index contributed by atoms with van der Waals surface area (Å²) in [5.41, 5.74) is 0.805. The van der Waals surface area contributed by atoms with E-state index in [1.165, 1.54) is 0 Å². The van der Waals surface area contributed by atoms with Gasteiger partial charge in [0.25, 0.3) is 0 Å². The Morgan fingerprint density at radius 1 is 0.818 bits per heavy atom. The molecule has 1 atom stereocenters. The van der Waals surface area contributed by atoms with Crippen LogP contribution in [0.25, 0.3) is 0 Å². The lowest BCUT2D eigenvalue weighted by Crippen LogP contribution is -2.30. The van der Waals surface area contributed by atoms with Gasteiger partial charge in [-0.3, -0.25) is 4.67 Å². The maximum atomic E-state index is 2.56. The van der Waals surface area contributed by atoms with Gasteiger partial charge in [0.2, 0.25) is 0 Å². The maximum absolute atomic E-state index is 2.56. The molecule has 2 heteroatoms. The zero-order chi connectivity index (χ0) is 9.02. The van der Waals surface area contributed by atoms with E-state index in [4.69, 9.17) is 0 Å². The summed E-state index contributed by atoms with van der Waals surface area (Å²) in [4.78, 5) is 0. The molecule has 0 saturated carbocycles. The predicted octanol–water partition coefficient (Wildman–Crippen LogP) is 3.11. The second kappa shape index (κ2) is 5.11. The van der Waals surface area contributed by atoms with Crippen molar-refractivity contribution < 1.29 is 0 Å². The minimum Gasteiger partial charge on any atom is -0.279 e. The fraction of sp³-hybridized carbons (Fsp3) is 1.00. The van der Waals surface area contributed by atoms with E-state index >= 15 is 0 Å². The number of hydrogen-bond donors (Lipinski definition) is 0. The topological polar surface area (TPSA) is 3.24 Å². The highest BCUT2D eigenvalue weighted by Crippen LogP contribution is 2.28. The Morgan fingerprint density at radius 2 is 1.18 bits per heavy atom. The van der Waals surface area contributed by atoms with Gasteiger partial charge in [0.15, 0.2) is 0 Å². The summed E-state index contributed by atoms with van der Waals surface area (Å²) >= 11 is 0. The molecule has 0 aromatic carbocycles. The standard InChI is InChI=1S/C9H22NP/c1-7(2)10(8(3)4)11-9(5)6/h7-9,11H,1-6H3. The second-order valence-corrected chi connectivity index (χ2v) is 5.81. The monoisotopic (exact) mass is 175 g/mol. The fourth-order valence-corrected chi connectivity index (χ4v) is 2.39. The lowest BCUT2D eigenvalue weighted by molar-refractivity contribution is 0.327. The summed E-state index contributed by atoms with van der Waals surface area (Å²) in [7, 11) is 0.974. The van der Waals surface area contributed by atoms with Gasteiger partial charge in [0.05, 0.1) is 0 Å². The van der Waals surface area contributed by atoms with Crippen LogP contribution in [0.15, 0.2) is 0 Å². The lowest BCUT2D eigenvalue weighted by atomic mass is 10.3. The number of rotatable bonds is 4. The van der Waals surface area contributed by atoms with Crippen LogP contribution in [0.4, 0.5) is 0 Å². The molecule has 0 aliphatic heterocycles. The maximum Gasteiger partial charge on any atom is 0.00780 e. The molecule has 0 aliphatic carbocycles. The molecular weight excluding hydrogens is 153 g/mol. The molecule has 0 amide bonds. The molecule has 0 spiro atoms. The van der Waals surface area contributed by atoms with E-state index in [0.29, 0.717) is 12.1 Å². The molecule has 0 aliphatic rings. The summed E-state index contributed by atoms with van der Waals surface area (Å²) in [5, 5.41) is 0. The largest absolute Gasteiger partial charge is 0.279 e. The van der Waals surface area contributed by atoms with E-state index in [1.54, 1.807) is 0 Å². The number of hydrogen-bond acceptors (Lipinski definition) is 1. The molecule has 0 aromatic heterocycles. The smallest absolute Gasteiger partial charge is 0.00780 e. The first-order chi connectivity index (χ1) is 4.95. The SMILES string of the molecule is CC(C)PN(C(C)C)C(C)C. The van der Waals surface area contributed by atoms with Crippen LogP contribution in [0.2, 0.25) is 0 Å². The Hall–Kier alpha value is 0.390. The van der Waals surface area contributed by atoms with E-state index < -0.39 is 0 Å². The van der Waals surface area contributed by atoms with Crippen LogP contribution in [0.5, 0.6) is 0 Å². The average molecular weight is 175 g/mol. The van der Waals surface area contributed by atoms with Gasteiger partial charge >= 0.3 is 0 Å². The van der Waals surface area contributed by atoms with Crippen LogP contribution < -0.4 is 0 Å². The van der Waals surface area contributed by atoms with Gasteiger partial charge in [0.1, 0.15) is 0 Å². The Labute approximate surface area is 73.4 Å². The third-order valence-electron chi connectivity index (χ3n) is 1.52. The van der Waals surface area contributed by atoms with E-state index in [2.05, 4.69) is 46.2 Å². The normalized spacial score (nSPS) is 13.6. The highest BCUT2D eigenvalue weighted by Gasteiger charge is 2.13. The molecule has 68 valence electrons. The summed E-state index contributed by atoms with van der Waals surface area (Å²) in [6.45, 7) is 13.7. The lowest BCUT2D eigenvalue weighted by Gasteiger charge is -2.31. The predicted molar refractivity (Wildman–Crippen MR) is 55.6 cm³/mol. The van der Waals surface area contributed by atoms with Gasteiger partial charge in [-0.2, -0.15) is 0 Å². The third kappa shape index (κ3) is 4.76. The highest BCUT2D eigenvalue weighted by atomic mass is 31.1. The van der Waals surface area contributed by atoms with Crippen molar-refractivity contribution in [2.45, 2.75) is 59.3 Å². The van der Waals surface area contributed by atoms with E-state index in [9.17, 15) is 0 Å². The molecule has 0 fully saturated rings. The zero-order valence-corrected chi connectivity index (χ0v) is 9.68. The minimum atomic E-state index is 0.690. The first-order valence-electron chi connectivity index (χ1n) is 4.49. The molecule has 0 radical (unpaired) electrons. The molecule has 1 unspecified atom stereocenters. The van der Waals surface area contributed by atoms with Crippen molar-refractivity contribution in [2.24, 2.45) is 0 Å². The molecule has 1 nitrogen and oxygen atoms in total. The van der Waals surface area contributed by atoms with Gasteiger partial charge in [-0.15, -0.1) is 0 Å². The van der Waals surface area contributed by atoms with Gasteiger partial charge in [-0.1, -0.05) is 13.8 Å². The Morgan fingerprint density at radius 3 is 1.27 bits per heavy atom. The number of nitrogens with zero attached hydrogens (tertiary/aromatic N) is 1. The van der Waals surface area contributed by atoms with Gasteiger partial charge in [-0.25, -0.2) is 0 Å². The van der Waals surface area contributed by atoms with Crippen molar-refractivity contribution in [1.29, 1.82) is 0 Å². The van der Waals surface area contributed by atoms with Crippen molar-refractivity contribution in [1.82, 2.24) is 4.67 Å². The summed E-state index contributed by atoms with van der Waals surface area (Å²) in [5.74, 6) is 0. The van der Waals surface area contributed by atoms with Crippen molar-refractivity contribution in [3.05, 3.63) is 0 Å². The molecule has 11 heavy (non-hydrogen) atoms. The average Bonchev–Trinajstić information content (AvgIpc) is 1.81. The summed E-state index contributed by atoms with van der Waals surface area (Å²) in [6, 6.07) is 1.38. The van der Waals surface area contributed by atoms with E-state index in [0.717, 1.165) is 14.4 Å². The van der Waals surface area contributed by atoms with Crippen LogP contribution in [-0.4, -0.2) is 22.4 Å².